The molecule has 0 saturated heterocycles. The molecule has 2 aromatic rings. The summed E-state index contributed by atoms with van der Waals surface area (Å²) in [6.45, 7) is 0. The molecule has 0 atom stereocenters. The number of thiazole rings is 1. The van der Waals surface area contributed by atoms with Gasteiger partial charge in [0.15, 0.2) is 5.13 Å². The smallest absolute Gasteiger partial charge is 0.238 e. The number of anilines is 1. The summed E-state index contributed by atoms with van der Waals surface area (Å²) in [5.41, 5.74) is 0.446. The van der Waals surface area contributed by atoms with Gasteiger partial charge in [-0.2, -0.15) is 0 Å². The number of nitrogens with one attached hydrogen (secondary N) is 1. The van der Waals surface area contributed by atoms with E-state index >= 15 is 0 Å². The van der Waals surface area contributed by atoms with E-state index in [1.165, 1.54) is 42.7 Å². The Morgan fingerprint density at radius 1 is 1.15 bits per heavy atom. The summed E-state index contributed by atoms with van der Waals surface area (Å²) in [6.07, 6.45) is 6.90. The summed E-state index contributed by atoms with van der Waals surface area (Å²) in [4.78, 5) is 17.6. The van der Waals surface area contributed by atoms with Gasteiger partial charge in [-0.1, -0.05) is 11.3 Å². The largest absolute Gasteiger partial charge is 0.301 e. The van der Waals surface area contributed by atoms with Crippen molar-refractivity contribution < 1.29 is 13.2 Å². The third kappa shape index (κ3) is 2.66. The van der Waals surface area contributed by atoms with Crippen molar-refractivity contribution >= 4 is 42.6 Å². The number of primary sulfonamides is 1. The molecule has 0 unspecified atom stereocenters. The minimum atomic E-state index is -3.75. The summed E-state index contributed by atoms with van der Waals surface area (Å²) >= 11 is 1.30. The molecule has 138 valence electrons. The standard InChI is InChI=1S/C18H21N3O3S2/c19-26(23,24)13-1-2-14-15(6-13)25-17(20-14)21-16(22)18-7-10-3-11(8-18)5-12(4-10)9-18/h1-2,6,10-12H,3-5,7-9H2,(H2,19,23,24)(H,20,21,22). The first-order valence-electron chi connectivity index (χ1n) is 9.06. The van der Waals surface area contributed by atoms with Gasteiger partial charge in [-0.05, 0) is 74.5 Å². The fraction of sp³-hybridized carbons (Fsp3) is 0.556. The number of rotatable bonds is 3. The van der Waals surface area contributed by atoms with Crippen molar-refractivity contribution in [2.75, 3.05) is 5.32 Å². The van der Waals surface area contributed by atoms with Gasteiger partial charge >= 0.3 is 0 Å². The molecule has 4 aliphatic carbocycles. The Morgan fingerprint density at radius 2 is 1.77 bits per heavy atom. The Hall–Kier alpha value is -1.51. The first-order chi connectivity index (χ1) is 12.3. The molecule has 3 N–H and O–H groups in total. The second-order valence-corrected chi connectivity index (χ2v) is 10.9. The Labute approximate surface area is 156 Å². The van der Waals surface area contributed by atoms with Crippen molar-refractivity contribution in [1.82, 2.24) is 4.98 Å². The average Bonchev–Trinajstić information content (AvgIpc) is 2.94. The quantitative estimate of drug-likeness (QED) is 0.839. The number of hydrogen-bond donors (Lipinski definition) is 2. The highest BCUT2D eigenvalue weighted by Gasteiger charge is 2.54. The molecule has 6 rings (SSSR count). The van der Waals surface area contributed by atoms with Crippen LogP contribution < -0.4 is 10.5 Å². The van der Waals surface area contributed by atoms with Crippen molar-refractivity contribution in [3.05, 3.63) is 18.2 Å². The normalized spacial score (nSPS) is 32.9. The molecule has 1 aromatic heterocycles. The molecule has 6 nitrogen and oxygen atoms in total. The third-order valence-electron chi connectivity index (χ3n) is 6.43. The van der Waals surface area contributed by atoms with Crippen molar-refractivity contribution in [3.63, 3.8) is 0 Å². The second-order valence-electron chi connectivity index (χ2n) is 8.35. The van der Waals surface area contributed by atoms with Crippen molar-refractivity contribution in [2.24, 2.45) is 28.3 Å². The van der Waals surface area contributed by atoms with Crippen LogP contribution in [0.5, 0.6) is 0 Å². The van der Waals surface area contributed by atoms with E-state index in [9.17, 15) is 13.2 Å². The van der Waals surface area contributed by atoms with Crippen LogP contribution in [0, 0.1) is 23.2 Å². The zero-order valence-corrected chi connectivity index (χ0v) is 15.9. The molecular weight excluding hydrogens is 370 g/mol. The van der Waals surface area contributed by atoms with Gasteiger partial charge in [0.25, 0.3) is 0 Å². The predicted octanol–water partition coefficient (Wildman–Crippen LogP) is 3.10. The monoisotopic (exact) mass is 391 g/mol. The molecule has 4 fully saturated rings. The maximum absolute atomic E-state index is 13.1. The van der Waals surface area contributed by atoms with Gasteiger partial charge in [0, 0.05) is 0 Å². The Kier molecular flexibility index (Phi) is 3.52. The highest BCUT2D eigenvalue weighted by atomic mass is 32.2. The lowest BCUT2D eigenvalue weighted by molar-refractivity contribution is -0.140. The molecule has 0 radical (unpaired) electrons. The van der Waals surface area contributed by atoms with E-state index in [2.05, 4.69) is 10.3 Å². The van der Waals surface area contributed by atoms with Gasteiger partial charge in [0.05, 0.1) is 20.5 Å². The molecule has 26 heavy (non-hydrogen) atoms. The first kappa shape index (κ1) is 16.6. The van der Waals surface area contributed by atoms with Crippen molar-refractivity contribution in [2.45, 2.75) is 43.4 Å². The summed E-state index contributed by atoms with van der Waals surface area (Å²) in [6, 6.07) is 4.59. The van der Waals surface area contributed by atoms with E-state index in [0.717, 1.165) is 19.3 Å². The lowest BCUT2D eigenvalue weighted by atomic mass is 9.49. The van der Waals surface area contributed by atoms with Crippen LogP contribution in [0.2, 0.25) is 0 Å². The fourth-order valence-electron chi connectivity index (χ4n) is 5.75. The number of nitrogens with zero attached hydrogens (tertiary/aromatic N) is 1. The number of sulfonamides is 1. The van der Waals surface area contributed by atoms with Gasteiger partial charge in [0.1, 0.15) is 0 Å². The number of fused-ring (bicyclic) bond motifs is 1. The zero-order valence-electron chi connectivity index (χ0n) is 14.3. The van der Waals surface area contributed by atoms with Gasteiger partial charge in [0.2, 0.25) is 15.9 Å². The van der Waals surface area contributed by atoms with E-state index in [4.69, 9.17) is 5.14 Å². The lowest BCUT2D eigenvalue weighted by Gasteiger charge is -2.55. The highest BCUT2D eigenvalue weighted by Crippen LogP contribution is 2.60. The zero-order chi connectivity index (χ0) is 18.1. The maximum Gasteiger partial charge on any atom is 0.238 e. The van der Waals surface area contributed by atoms with Gasteiger partial charge < -0.3 is 5.32 Å². The van der Waals surface area contributed by atoms with Crippen LogP contribution in [0.3, 0.4) is 0 Å². The lowest BCUT2D eigenvalue weighted by Crippen LogP contribution is -2.51. The van der Waals surface area contributed by atoms with Crippen molar-refractivity contribution in [3.8, 4) is 0 Å². The molecular formula is C18H21N3O3S2. The van der Waals surface area contributed by atoms with E-state index in [0.29, 0.717) is 33.1 Å². The summed E-state index contributed by atoms with van der Waals surface area (Å²) in [5.74, 6) is 2.22. The third-order valence-corrected chi connectivity index (χ3v) is 8.27. The molecule has 4 bridgehead atoms. The van der Waals surface area contributed by atoms with Crippen molar-refractivity contribution in [1.29, 1.82) is 0 Å². The molecule has 1 heterocycles. The first-order valence-corrected chi connectivity index (χ1v) is 11.4. The number of benzene rings is 1. The molecule has 0 spiro atoms. The predicted molar refractivity (Wildman–Crippen MR) is 100 cm³/mol. The van der Waals surface area contributed by atoms with Gasteiger partial charge in [-0.25, -0.2) is 18.5 Å². The van der Waals surface area contributed by atoms with E-state index in [-0.39, 0.29) is 16.2 Å². The van der Waals surface area contributed by atoms with E-state index < -0.39 is 10.0 Å². The maximum atomic E-state index is 13.1. The highest BCUT2D eigenvalue weighted by molar-refractivity contribution is 7.89. The molecule has 8 heteroatoms. The minimum Gasteiger partial charge on any atom is -0.301 e. The Morgan fingerprint density at radius 3 is 2.35 bits per heavy atom. The second kappa shape index (κ2) is 5.50. The molecule has 4 aliphatic rings. The van der Waals surface area contributed by atoms with Crippen LogP contribution in [-0.4, -0.2) is 19.3 Å². The van der Waals surface area contributed by atoms with E-state index in [1.807, 2.05) is 0 Å². The summed E-state index contributed by atoms with van der Waals surface area (Å²) in [7, 11) is -3.75. The van der Waals surface area contributed by atoms with E-state index in [1.54, 1.807) is 6.07 Å². The van der Waals surface area contributed by atoms with Crippen LogP contribution in [0.15, 0.2) is 23.1 Å². The molecule has 1 aromatic carbocycles. The Balaban J connectivity index is 1.42. The van der Waals surface area contributed by atoms with Gasteiger partial charge in [-0.15, -0.1) is 0 Å². The topological polar surface area (TPSA) is 102 Å². The van der Waals surface area contributed by atoms with Crippen LogP contribution in [0.4, 0.5) is 5.13 Å². The number of nitrogens with two attached hydrogens (primary N) is 1. The SMILES string of the molecule is NS(=O)(=O)c1ccc2nc(NC(=O)C34CC5CC(CC(C5)C3)C4)sc2c1. The number of carbonyl (C=O) groups is 1. The fourth-order valence-corrected chi connectivity index (χ4v) is 7.27. The van der Waals surface area contributed by atoms with Crippen LogP contribution >= 0.6 is 11.3 Å². The average molecular weight is 392 g/mol. The molecule has 1 amide bonds. The van der Waals surface area contributed by atoms with Gasteiger partial charge in [-0.3, -0.25) is 4.79 Å². The van der Waals surface area contributed by atoms with Crippen LogP contribution in [-0.2, 0) is 14.8 Å². The number of aromatic nitrogens is 1. The number of carbonyl (C=O) groups excluding carboxylic acids is 1. The van der Waals surface area contributed by atoms with Crippen LogP contribution in [0.1, 0.15) is 38.5 Å². The number of amides is 1. The molecule has 4 saturated carbocycles. The number of hydrogen-bond acceptors (Lipinski definition) is 5. The summed E-state index contributed by atoms with van der Waals surface area (Å²) in [5, 5.41) is 8.76. The Bertz CT molecular complexity index is 977. The minimum absolute atomic E-state index is 0.0626. The van der Waals surface area contributed by atoms with Crippen LogP contribution in [0.25, 0.3) is 10.2 Å². The molecule has 0 aliphatic heterocycles. The summed E-state index contributed by atoms with van der Waals surface area (Å²) < 4.78 is 23.7.